The van der Waals surface area contributed by atoms with E-state index in [0.29, 0.717) is 21.3 Å². The molecule has 2 rings (SSSR count). The molecule has 0 amide bonds. The molecule has 2 heterocycles. The van der Waals surface area contributed by atoms with Gasteiger partial charge in [0, 0.05) is 18.3 Å². The highest BCUT2D eigenvalue weighted by Gasteiger charge is 2.05. The maximum atomic E-state index is 10.5. The molecule has 0 fully saturated rings. The van der Waals surface area contributed by atoms with Crippen LogP contribution in [-0.4, -0.2) is 19.2 Å². The van der Waals surface area contributed by atoms with Crippen molar-refractivity contribution in [3.63, 3.8) is 0 Å². The highest BCUT2D eigenvalue weighted by molar-refractivity contribution is 6.33. The third-order valence-electron chi connectivity index (χ3n) is 2.25. The van der Waals surface area contributed by atoms with Crippen molar-refractivity contribution in [3.8, 4) is 17.6 Å². The number of ether oxygens (including phenoxy) is 2. The third-order valence-corrected chi connectivity index (χ3v) is 2.90. The van der Waals surface area contributed by atoms with Crippen LogP contribution >= 0.6 is 23.2 Å². The molecule has 0 unspecified atom stereocenters. The molecule has 0 spiro atoms. The highest BCUT2D eigenvalue weighted by atomic mass is 35.5. The normalized spacial score (nSPS) is 9.10. The summed E-state index contributed by atoms with van der Waals surface area (Å²) in [6.45, 7) is 0. The Hall–Kier alpha value is -2.23. The second kappa shape index (κ2) is 8.15. The van der Waals surface area contributed by atoms with Crippen molar-refractivity contribution in [2.45, 2.75) is 0 Å². The van der Waals surface area contributed by atoms with Gasteiger partial charge in [0.05, 0.1) is 14.2 Å². The van der Waals surface area contributed by atoms with Crippen LogP contribution < -0.4 is 14.2 Å². The zero-order valence-corrected chi connectivity index (χ0v) is 12.7. The molecular formula is C13H11Cl2N3O3. The lowest BCUT2D eigenvalue weighted by atomic mass is 10.3. The van der Waals surface area contributed by atoms with E-state index in [-0.39, 0.29) is 10.7 Å². The molecule has 110 valence electrons. The lowest BCUT2D eigenvalue weighted by Gasteiger charge is -2.00. The topological polar surface area (TPSA) is 82.1 Å². The van der Waals surface area contributed by atoms with Gasteiger partial charge in [-0.25, -0.2) is 4.98 Å². The number of nitriles is 1. The first-order valence-electron chi connectivity index (χ1n) is 5.54. The molecule has 0 aliphatic rings. The van der Waals surface area contributed by atoms with Crippen molar-refractivity contribution >= 4 is 23.2 Å². The molecule has 2 aromatic rings. The second-order valence-corrected chi connectivity index (χ2v) is 4.29. The summed E-state index contributed by atoms with van der Waals surface area (Å²) in [4.78, 5) is 3.73. The van der Waals surface area contributed by atoms with E-state index >= 15 is 0 Å². The maximum absolute atomic E-state index is 10.5. The van der Waals surface area contributed by atoms with E-state index in [1.54, 1.807) is 6.07 Å². The molecule has 0 atom stereocenters. The average Bonchev–Trinajstić information content (AvgIpc) is 2.48. The Kier molecular flexibility index (Phi) is 6.53. The summed E-state index contributed by atoms with van der Waals surface area (Å²) >= 11 is 11.3. The van der Waals surface area contributed by atoms with Crippen LogP contribution in [0.5, 0.6) is 11.5 Å². The van der Waals surface area contributed by atoms with Crippen LogP contribution in [0.1, 0.15) is 5.69 Å². The number of hydrogen-bond donors (Lipinski definition) is 0. The van der Waals surface area contributed by atoms with Crippen molar-refractivity contribution in [3.05, 3.63) is 51.7 Å². The van der Waals surface area contributed by atoms with Crippen LogP contribution in [0, 0.1) is 16.5 Å². The molecule has 8 heteroatoms. The molecule has 0 N–H and O–H groups in total. The number of rotatable bonds is 2. The minimum atomic E-state index is 0.186. The van der Waals surface area contributed by atoms with Gasteiger partial charge in [0.1, 0.15) is 27.6 Å². The first-order chi connectivity index (χ1) is 10.0. The highest BCUT2D eigenvalue weighted by Crippen LogP contribution is 2.25. The molecule has 0 aromatic carbocycles. The first-order valence-corrected chi connectivity index (χ1v) is 6.30. The number of pyridine rings is 2. The van der Waals surface area contributed by atoms with Crippen molar-refractivity contribution in [1.82, 2.24) is 4.98 Å². The molecule has 21 heavy (non-hydrogen) atoms. The molecule has 0 aliphatic carbocycles. The monoisotopic (exact) mass is 327 g/mol. The van der Waals surface area contributed by atoms with Crippen molar-refractivity contribution in [1.29, 1.82) is 5.26 Å². The molecule has 0 saturated heterocycles. The molecule has 2 aromatic heterocycles. The second-order valence-electron chi connectivity index (χ2n) is 3.51. The lowest BCUT2D eigenvalue weighted by molar-refractivity contribution is -0.605. The molecule has 0 saturated carbocycles. The van der Waals surface area contributed by atoms with Crippen molar-refractivity contribution in [2.75, 3.05) is 14.2 Å². The summed E-state index contributed by atoms with van der Waals surface area (Å²) < 4.78 is 10.3. The number of aromatic nitrogens is 2. The largest absolute Gasteiger partial charge is 0.619 e. The summed E-state index contributed by atoms with van der Waals surface area (Å²) in [5, 5.41) is 19.6. The molecular weight excluding hydrogens is 317 g/mol. The maximum Gasteiger partial charge on any atom is 0.202 e. The molecule has 6 nitrogen and oxygen atoms in total. The van der Waals surface area contributed by atoms with Gasteiger partial charge in [0.25, 0.3) is 0 Å². The Morgan fingerprint density at radius 1 is 1.24 bits per heavy atom. The number of hydrogen-bond acceptors (Lipinski definition) is 5. The van der Waals surface area contributed by atoms with Gasteiger partial charge in [0.2, 0.25) is 6.20 Å². The Morgan fingerprint density at radius 2 is 1.90 bits per heavy atom. The van der Waals surface area contributed by atoms with Gasteiger partial charge in [-0.3, -0.25) is 0 Å². The summed E-state index contributed by atoms with van der Waals surface area (Å²) in [7, 11) is 2.98. The van der Waals surface area contributed by atoms with Crippen LogP contribution in [0.15, 0.2) is 30.7 Å². The van der Waals surface area contributed by atoms with E-state index in [1.807, 2.05) is 6.07 Å². The van der Waals surface area contributed by atoms with Crippen LogP contribution in [0.4, 0.5) is 0 Å². The van der Waals surface area contributed by atoms with Crippen LogP contribution in [0.3, 0.4) is 0 Å². The Labute approximate surface area is 131 Å². The Balaban J connectivity index is 0.000000211. The average molecular weight is 328 g/mol. The van der Waals surface area contributed by atoms with Crippen LogP contribution in [0.25, 0.3) is 0 Å². The Bertz CT molecular complexity index is 660. The zero-order valence-electron chi connectivity index (χ0n) is 11.2. The van der Waals surface area contributed by atoms with Crippen molar-refractivity contribution in [2.24, 2.45) is 0 Å². The van der Waals surface area contributed by atoms with E-state index in [9.17, 15) is 5.21 Å². The van der Waals surface area contributed by atoms with Crippen LogP contribution in [-0.2, 0) is 0 Å². The van der Waals surface area contributed by atoms with E-state index in [1.165, 1.54) is 38.9 Å². The number of methoxy groups -OCH3 is 2. The van der Waals surface area contributed by atoms with Crippen LogP contribution in [0.2, 0.25) is 10.0 Å². The minimum absolute atomic E-state index is 0.186. The smallest absolute Gasteiger partial charge is 0.202 e. The van der Waals surface area contributed by atoms with E-state index < -0.39 is 0 Å². The first kappa shape index (κ1) is 16.8. The minimum Gasteiger partial charge on any atom is -0.619 e. The summed E-state index contributed by atoms with van der Waals surface area (Å²) in [5.41, 5.74) is 0.186. The number of halogens is 2. The lowest BCUT2D eigenvalue weighted by Crippen LogP contribution is -2.23. The van der Waals surface area contributed by atoms with Gasteiger partial charge in [0.15, 0.2) is 11.9 Å². The standard InChI is InChI=1S/C7H5ClN2O.C6H6ClNO2/c1-11-6-2-3-10-5(4-9)7(6)8;1-10-6-2-3-8(9)4-5(6)7/h2-3H,1H3;2-4H,1H3. The van der Waals surface area contributed by atoms with Gasteiger partial charge >= 0.3 is 0 Å². The summed E-state index contributed by atoms with van der Waals surface area (Å²) in [6, 6.07) is 4.96. The quantitative estimate of drug-likeness (QED) is 0.625. The fraction of sp³-hybridized carbons (Fsp3) is 0.154. The fourth-order valence-corrected chi connectivity index (χ4v) is 1.73. The predicted molar refractivity (Wildman–Crippen MR) is 77.5 cm³/mol. The molecule has 0 bridgehead atoms. The molecule has 0 aliphatic heterocycles. The summed E-state index contributed by atoms with van der Waals surface area (Å²) in [6.07, 6.45) is 4.04. The molecule has 0 radical (unpaired) electrons. The van der Waals surface area contributed by atoms with Gasteiger partial charge in [-0.2, -0.15) is 9.99 Å². The predicted octanol–water partition coefficient (Wildman–Crippen LogP) is 2.60. The SMILES string of the molecule is COc1cc[n+]([O-])cc1Cl.COc1ccnc(C#N)c1Cl. The van der Waals surface area contributed by atoms with Gasteiger partial charge in [-0.15, -0.1) is 0 Å². The van der Waals surface area contributed by atoms with Gasteiger partial charge < -0.3 is 14.7 Å². The van der Waals surface area contributed by atoms with Crippen molar-refractivity contribution < 1.29 is 14.2 Å². The van der Waals surface area contributed by atoms with E-state index in [0.717, 1.165) is 0 Å². The van der Waals surface area contributed by atoms with Gasteiger partial charge in [-0.1, -0.05) is 23.2 Å². The van der Waals surface area contributed by atoms with Gasteiger partial charge in [-0.05, 0) is 0 Å². The Morgan fingerprint density at radius 3 is 2.43 bits per heavy atom. The van der Waals surface area contributed by atoms with E-state index in [4.69, 9.17) is 37.9 Å². The van der Waals surface area contributed by atoms with E-state index in [2.05, 4.69) is 4.98 Å². The fourth-order valence-electron chi connectivity index (χ4n) is 1.27. The summed E-state index contributed by atoms with van der Waals surface area (Å²) in [5.74, 6) is 0.979. The third kappa shape index (κ3) is 4.67. The number of nitrogens with zero attached hydrogens (tertiary/aromatic N) is 3. The zero-order chi connectivity index (χ0) is 15.8.